The highest BCUT2D eigenvalue weighted by Crippen LogP contribution is 2.25. The average Bonchev–Trinajstić information content (AvgIpc) is 2.28. The molecule has 2 unspecified atom stereocenters. The first-order valence-electron chi connectivity index (χ1n) is 5.49. The molecule has 0 saturated carbocycles. The monoisotopic (exact) mass is 226 g/mol. The van der Waals surface area contributed by atoms with Crippen LogP contribution in [-0.2, 0) is 4.74 Å². The standard InChI is InChI=1S/C13H19FO2/c1-9(6-7-16-3)13(15)11-4-5-12(14)10(2)8-11/h4-5,8-9,13,15H,6-7H2,1-3H3. The summed E-state index contributed by atoms with van der Waals surface area (Å²) >= 11 is 0. The Morgan fingerprint density at radius 1 is 1.44 bits per heavy atom. The van der Waals surface area contributed by atoms with E-state index in [1.165, 1.54) is 6.07 Å². The summed E-state index contributed by atoms with van der Waals surface area (Å²) in [5, 5.41) is 10.1. The molecular weight excluding hydrogens is 207 g/mol. The summed E-state index contributed by atoms with van der Waals surface area (Å²) in [6.07, 6.45) is 0.225. The molecule has 1 aromatic carbocycles. The van der Waals surface area contributed by atoms with E-state index in [1.54, 1.807) is 26.2 Å². The van der Waals surface area contributed by atoms with E-state index in [0.29, 0.717) is 12.2 Å². The molecule has 0 spiro atoms. The summed E-state index contributed by atoms with van der Waals surface area (Å²) in [6, 6.07) is 4.73. The lowest BCUT2D eigenvalue weighted by Gasteiger charge is -2.19. The number of halogens is 1. The molecule has 16 heavy (non-hydrogen) atoms. The Hall–Kier alpha value is -0.930. The van der Waals surface area contributed by atoms with Crippen LogP contribution in [0.15, 0.2) is 18.2 Å². The van der Waals surface area contributed by atoms with Crippen molar-refractivity contribution in [2.24, 2.45) is 5.92 Å². The summed E-state index contributed by atoms with van der Waals surface area (Å²) in [4.78, 5) is 0. The molecule has 0 fully saturated rings. The number of hydrogen-bond acceptors (Lipinski definition) is 2. The largest absolute Gasteiger partial charge is 0.388 e. The molecule has 0 aliphatic carbocycles. The summed E-state index contributed by atoms with van der Waals surface area (Å²) in [6.45, 7) is 4.28. The number of aliphatic hydroxyl groups excluding tert-OH is 1. The fraction of sp³-hybridized carbons (Fsp3) is 0.538. The minimum Gasteiger partial charge on any atom is -0.388 e. The molecule has 0 radical (unpaired) electrons. The zero-order chi connectivity index (χ0) is 12.1. The number of aryl methyl sites for hydroxylation is 1. The fourth-order valence-corrected chi connectivity index (χ4v) is 1.64. The Morgan fingerprint density at radius 3 is 2.69 bits per heavy atom. The van der Waals surface area contributed by atoms with E-state index in [9.17, 15) is 9.50 Å². The lowest BCUT2D eigenvalue weighted by atomic mass is 9.94. The van der Waals surface area contributed by atoms with Crippen LogP contribution in [0.2, 0.25) is 0 Å². The van der Waals surface area contributed by atoms with Crippen LogP contribution in [0.25, 0.3) is 0 Å². The number of hydrogen-bond donors (Lipinski definition) is 1. The Labute approximate surface area is 96.1 Å². The van der Waals surface area contributed by atoms with Crippen LogP contribution < -0.4 is 0 Å². The van der Waals surface area contributed by atoms with Gasteiger partial charge < -0.3 is 9.84 Å². The number of ether oxygens (including phenoxy) is 1. The molecule has 0 aromatic heterocycles. The van der Waals surface area contributed by atoms with Gasteiger partial charge in [-0.15, -0.1) is 0 Å². The summed E-state index contributed by atoms with van der Waals surface area (Å²) in [5.41, 5.74) is 1.33. The molecular formula is C13H19FO2. The zero-order valence-electron chi connectivity index (χ0n) is 10.0. The maximum atomic E-state index is 13.1. The molecule has 0 heterocycles. The molecule has 1 rings (SSSR count). The topological polar surface area (TPSA) is 29.5 Å². The van der Waals surface area contributed by atoms with Crippen LogP contribution in [0.3, 0.4) is 0 Å². The van der Waals surface area contributed by atoms with Crippen LogP contribution in [0.4, 0.5) is 4.39 Å². The van der Waals surface area contributed by atoms with Gasteiger partial charge in [-0.2, -0.15) is 0 Å². The van der Waals surface area contributed by atoms with Crippen molar-refractivity contribution in [3.8, 4) is 0 Å². The van der Waals surface area contributed by atoms with Gasteiger partial charge in [-0.25, -0.2) is 4.39 Å². The second-order valence-corrected chi connectivity index (χ2v) is 4.21. The molecule has 0 aliphatic heterocycles. The smallest absolute Gasteiger partial charge is 0.126 e. The van der Waals surface area contributed by atoms with Crippen molar-refractivity contribution in [1.29, 1.82) is 0 Å². The lowest BCUT2D eigenvalue weighted by Crippen LogP contribution is -2.11. The fourth-order valence-electron chi connectivity index (χ4n) is 1.64. The molecule has 3 heteroatoms. The van der Waals surface area contributed by atoms with E-state index in [2.05, 4.69) is 0 Å². The van der Waals surface area contributed by atoms with E-state index in [1.807, 2.05) is 6.92 Å². The van der Waals surface area contributed by atoms with Crippen LogP contribution in [0.5, 0.6) is 0 Å². The van der Waals surface area contributed by atoms with Gasteiger partial charge in [0, 0.05) is 13.7 Å². The third kappa shape index (κ3) is 3.29. The van der Waals surface area contributed by atoms with Gasteiger partial charge in [0.1, 0.15) is 5.82 Å². The van der Waals surface area contributed by atoms with Crippen LogP contribution in [-0.4, -0.2) is 18.8 Å². The molecule has 0 aliphatic rings. The van der Waals surface area contributed by atoms with Gasteiger partial charge in [0.25, 0.3) is 0 Å². The van der Waals surface area contributed by atoms with Crippen LogP contribution in [0.1, 0.15) is 30.6 Å². The van der Waals surface area contributed by atoms with Crippen molar-refractivity contribution in [1.82, 2.24) is 0 Å². The molecule has 0 bridgehead atoms. The highest BCUT2D eigenvalue weighted by Gasteiger charge is 2.16. The number of benzene rings is 1. The molecule has 2 atom stereocenters. The van der Waals surface area contributed by atoms with Crippen molar-refractivity contribution < 1.29 is 14.2 Å². The Kier molecular flexibility index (Phi) is 4.90. The minimum atomic E-state index is -0.561. The Balaban J connectivity index is 2.71. The van der Waals surface area contributed by atoms with Crippen LogP contribution >= 0.6 is 0 Å². The summed E-state index contributed by atoms with van der Waals surface area (Å²) < 4.78 is 18.0. The maximum absolute atomic E-state index is 13.1. The lowest BCUT2D eigenvalue weighted by molar-refractivity contribution is 0.0885. The van der Waals surface area contributed by atoms with Gasteiger partial charge in [-0.3, -0.25) is 0 Å². The van der Waals surface area contributed by atoms with Gasteiger partial charge in [0.2, 0.25) is 0 Å². The molecule has 90 valence electrons. The highest BCUT2D eigenvalue weighted by atomic mass is 19.1. The normalized spacial score (nSPS) is 14.8. The zero-order valence-corrected chi connectivity index (χ0v) is 10.0. The maximum Gasteiger partial charge on any atom is 0.126 e. The van der Waals surface area contributed by atoms with E-state index >= 15 is 0 Å². The third-order valence-corrected chi connectivity index (χ3v) is 2.84. The Bertz CT molecular complexity index is 339. The average molecular weight is 226 g/mol. The molecule has 1 aromatic rings. The SMILES string of the molecule is COCCC(C)C(O)c1ccc(F)c(C)c1. The van der Waals surface area contributed by atoms with Crippen molar-refractivity contribution in [2.45, 2.75) is 26.4 Å². The Morgan fingerprint density at radius 2 is 2.12 bits per heavy atom. The molecule has 0 amide bonds. The van der Waals surface area contributed by atoms with Gasteiger partial charge in [-0.1, -0.05) is 19.1 Å². The number of rotatable bonds is 5. The van der Waals surface area contributed by atoms with Gasteiger partial charge in [0.05, 0.1) is 6.10 Å². The van der Waals surface area contributed by atoms with Gasteiger partial charge >= 0.3 is 0 Å². The molecule has 1 N–H and O–H groups in total. The second-order valence-electron chi connectivity index (χ2n) is 4.21. The van der Waals surface area contributed by atoms with E-state index in [0.717, 1.165) is 12.0 Å². The van der Waals surface area contributed by atoms with Gasteiger partial charge in [-0.05, 0) is 36.5 Å². The second kappa shape index (κ2) is 5.97. The predicted molar refractivity (Wildman–Crippen MR) is 61.8 cm³/mol. The number of aliphatic hydroxyl groups is 1. The van der Waals surface area contributed by atoms with Crippen molar-refractivity contribution in [3.63, 3.8) is 0 Å². The van der Waals surface area contributed by atoms with Crippen molar-refractivity contribution in [3.05, 3.63) is 35.1 Å². The predicted octanol–water partition coefficient (Wildman–Crippen LogP) is 2.84. The molecule has 0 saturated heterocycles. The quantitative estimate of drug-likeness (QED) is 0.836. The van der Waals surface area contributed by atoms with E-state index in [-0.39, 0.29) is 11.7 Å². The van der Waals surface area contributed by atoms with E-state index in [4.69, 9.17) is 4.74 Å². The third-order valence-electron chi connectivity index (χ3n) is 2.84. The summed E-state index contributed by atoms with van der Waals surface area (Å²) in [7, 11) is 1.64. The summed E-state index contributed by atoms with van der Waals surface area (Å²) in [5.74, 6) is -0.134. The molecule has 2 nitrogen and oxygen atoms in total. The van der Waals surface area contributed by atoms with Crippen molar-refractivity contribution >= 4 is 0 Å². The van der Waals surface area contributed by atoms with E-state index < -0.39 is 6.10 Å². The van der Waals surface area contributed by atoms with Gasteiger partial charge in [0.15, 0.2) is 0 Å². The number of methoxy groups -OCH3 is 1. The van der Waals surface area contributed by atoms with Crippen LogP contribution in [0, 0.1) is 18.7 Å². The minimum absolute atomic E-state index is 0.102. The first kappa shape index (κ1) is 13.1. The van der Waals surface area contributed by atoms with Crippen molar-refractivity contribution in [2.75, 3.05) is 13.7 Å². The first-order chi connectivity index (χ1) is 7.56. The first-order valence-corrected chi connectivity index (χ1v) is 5.49. The highest BCUT2D eigenvalue weighted by molar-refractivity contribution is 5.25.